The summed E-state index contributed by atoms with van der Waals surface area (Å²) in [7, 11) is 0. The molecule has 2 nitrogen and oxygen atoms in total. The van der Waals surface area contributed by atoms with Crippen molar-refractivity contribution < 1.29 is 9.53 Å². The predicted octanol–water partition coefficient (Wildman–Crippen LogP) is 2.77. The highest BCUT2D eigenvalue weighted by Gasteiger charge is 2.37. The lowest BCUT2D eigenvalue weighted by atomic mass is 10.0. The van der Waals surface area contributed by atoms with Crippen LogP contribution in [0.15, 0.2) is 0 Å². The van der Waals surface area contributed by atoms with Gasteiger partial charge in [-0.15, -0.1) is 0 Å². The van der Waals surface area contributed by atoms with Gasteiger partial charge in [0.25, 0.3) is 0 Å². The number of carbonyl (C=O) groups is 1. The minimum atomic E-state index is 0.0115. The van der Waals surface area contributed by atoms with Crippen LogP contribution >= 0.6 is 0 Å². The van der Waals surface area contributed by atoms with Gasteiger partial charge >= 0.3 is 5.97 Å². The second kappa shape index (κ2) is 4.33. The summed E-state index contributed by atoms with van der Waals surface area (Å²) in [5.41, 5.74) is 0. The first-order valence-electron chi connectivity index (χ1n) is 5.95. The van der Waals surface area contributed by atoms with E-state index in [0.717, 1.165) is 11.8 Å². The highest BCUT2D eigenvalue weighted by molar-refractivity contribution is 5.69. The SMILES string of the molecule is CCOC(=O)CC1CC2CCCC2C1. The summed E-state index contributed by atoms with van der Waals surface area (Å²) in [6, 6.07) is 0. The van der Waals surface area contributed by atoms with Crippen LogP contribution in [-0.2, 0) is 9.53 Å². The summed E-state index contributed by atoms with van der Waals surface area (Å²) < 4.78 is 4.99. The predicted molar refractivity (Wildman–Crippen MR) is 54.8 cm³/mol. The van der Waals surface area contributed by atoms with E-state index in [-0.39, 0.29) is 5.97 Å². The van der Waals surface area contributed by atoms with Crippen molar-refractivity contribution in [3.05, 3.63) is 0 Å². The molecule has 0 saturated heterocycles. The number of rotatable bonds is 3. The van der Waals surface area contributed by atoms with Gasteiger partial charge in [0.1, 0.15) is 0 Å². The number of ether oxygens (including phenoxy) is 1. The minimum Gasteiger partial charge on any atom is -0.466 e. The Morgan fingerprint density at radius 2 is 1.93 bits per heavy atom. The van der Waals surface area contributed by atoms with E-state index in [2.05, 4.69) is 0 Å². The quantitative estimate of drug-likeness (QED) is 0.649. The van der Waals surface area contributed by atoms with Crippen LogP contribution in [0.1, 0.15) is 45.4 Å². The molecule has 2 aliphatic carbocycles. The van der Waals surface area contributed by atoms with Crippen LogP contribution < -0.4 is 0 Å². The summed E-state index contributed by atoms with van der Waals surface area (Å²) in [6.07, 6.45) is 7.46. The Morgan fingerprint density at radius 1 is 1.29 bits per heavy atom. The molecule has 0 bridgehead atoms. The molecule has 2 rings (SSSR count). The molecule has 0 aromatic heterocycles. The summed E-state index contributed by atoms with van der Waals surface area (Å²) in [4.78, 5) is 11.3. The monoisotopic (exact) mass is 196 g/mol. The largest absolute Gasteiger partial charge is 0.466 e. The lowest BCUT2D eigenvalue weighted by Gasteiger charge is -2.09. The molecule has 0 N–H and O–H groups in total. The van der Waals surface area contributed by atoms with Crippen molar-refractivity contribution in [2.24, 2.45) is 17.8 Å². The van der Waals surface area contributed by atoms with Crippen LogP contribution in [0.3, 0.4) is 0 Å². The van der Waals surface area contributed by atoms with Gasteiger partial charge in [-0.05, 0) is 37.5 Å². The Morgan fingerprint density at radius 3 is 2.50 bits per heavy atom. The van der Waals surface area contributed by atoms with Gasteiger partial charge in [-0.3, -0.25) is 4.79 Å². The fraction of sp³-hybridized carbons (Fsp3) is 0.917. The standard InChI is InChI=1S/C12H20O2/c1-2-14-12(13)8-9-6-10-4-3-5-11(10)7-9/h9-11H,2-8H2,1H3. The van der Waals surface area contributed by atoms with Crippen LogP contribution in [0.25, 0.3) is 0 Å². The van der Waals surface area contributed by atoms with Crippen LogP contribution in [-0.4, -0.2) is 12.6 Å². The van der Waals surface area contributed by atoms with Crippen LogP contribution in [0.5, 0.6) is 0 Å². The molecule has 2 saturated carbocycles. The normalized spacial score (nSPS) is 35.6. The van der Waals surface area contributed by atoms with E-state index in [4.69, 9.17) is 4.74 Å². The molecular weight excluding hydrogens is 176 g/mol. The number of hydrogen-bond donors (Lipinski definition) is 0. The fourth-order valence-corrected chi connectivity index (χ4v) is 3.31. The maximum atomic E-state index is 11.3. The maximum absolute atomic E-state index is 11.3. The highest BCUT2D eigenvalue weighted by Crippen LogP contribution is 2.47. The first-order valence-corrected chi connectivity index (χ1v) is 5.95. The molecule has 2 aliphatic rings. The zero-order valence-corrected chi connectivity index (χ0v) is 9.00. The van der Waals surface area contributed by atoms with Gasteiger partial charge in [0.2, 0.25) is 0 Å². The lowest BCUT2D eigenvalue weighted by Crippen LogP contribution is -2.09. The van der Waals surface area contributed by atoms with Gasteiger partial charge in [0.05, 0.1) is 6.61 Å². The Kier molecular flexibility index (Phi) is 3.09. The van der Waals surface area contributed by atoms with Crippen LogP contribution in [0.2, 0.25) is 0 Å². The fourth-order valence-electron chi connectivity index (χ4n) is 3.31. The van der Waals surface area contributed by atoms with Gasteiger partial charge in [-0.2, -0.15) is 0 Å². The molecule has 80 valence electrons. The highest BCUT2D eigenvalue weighted by atomic mass is 16.5. The summed E-state index contributed by atoms with van der Waals surface area (Å²) in [5, 5.41) is 0. The molecule has 0 heterocycles. The molecule has 0 aromatic carbocycles. The second-order valence-corrected chi connectivity index (χ2v) is 4.80. The van der Waals surface area contributed by atoms with Crippen molar-refractivity contribution >= 4 is 5.97 Å². The summed E-state index contributed by atoms with van der Waals surface area (Å²) in [6.45, 7) is 2.40. The van der Waals surface area contributed by atoms with Gasteiger partial charge in [-0.1, -0.05) is 19.3 Å². The van der Waals surface area contributed by atoms with E-state index >= 15 is 0 Å². The van der Waals surface area contributed by atoms with Crippen molar-refractivity contribution in [3.8, 4) is 0 Å². The van der Waals surface area contributed by atoms with Crippen molar-refractivity contribution in [1.82, 2.24) is 0 Å². The number of hydrogen-bond acceptors (Lipinski definition) is 2. The smallest absolute Gasteiger partial charge is 0.306 e. The first kappa shape index (κ1) is 10.0. The Hall–Kier alpha value is -0.530. The maximum Gasteiger partial charge on any atom is 0.306 e. The Labute approximate surface area is 86.0 Å². The number of esters is 1. The third-order valence-electron chi connectivity index (χ3n) is 3.85. The molecule has 0 aromatic rings. The van der Waals surface area contributed by atoms with Crippen molar-refractivity contribution in [3.63, 3.8) is 0 Å². The van der Waals surface area contributed by atoms with E-state index in [1.807, 2.05) is 6.92 Å². The zero-order chi connectivity index (χ0) is 9.97. The Balaban J connectivity index is 1.76. The number of fused-ring (bicyclic) bond motifs is 1. The molecule has 14 heavy (non-hydrogen) atoms. The molecule has 2 fully saturated rings. The third-order valence-corrected chi connectivity index (χ3v) is 3.85. The zero-order valence-electron chi connectivity index (χ0n) is 9.00. The molecule has 2 atom stereocenters. The second-order valence-electron chi connectivity index (χ2n) is 4.80. The average molecular weight is 196 g/mol. The molecule has 0 radical (unpaired) electrons. The van der Waals surface area contributed by atoms with Gasteiger partial charge in [0.15, 0.2) is 0 Å². The topological polar surface area (TPSA) is 26.3 Å². The summed E-state index contributed by atoms with van der Waals surface area (Å²) in [5.74, 6) is 2.52. The molecule has 0 amide bonds. The Bertz CT molecular complexity index is 200. The first-order chi connectivity index (χ1) is 6.79. The summed E-state index contributed by atoms with van der Waals surface area (Å²) >= 11 is 0. The molecule has 0 spiro atoms. The average Bonchev–Trinajstić information content (AvgIpc) is 2.63. The van der Waals surface area contributed by atoms with Crippen molar-refractivity contribution in [2.45, 2.75) is 45.4 Å². The van der Waals surface area contributed by atoms with Crippen molar-refractivity contribution in [1.29, 1.82) is 0 Å². The van der Waals surface area contributed by atoms with Gasteiger partial charge in [-0.25, -0.2) is 0 Å². The molecule has 0 aliphatic heterocycles. The number of carbonyl (C=O) groups excluding carboxylic acids is 1. The molecular formula is C12H20O2. The van der Waals surface area contributed by atoms with Gasteiger partial charge < -0.3 is 4.74 Å². The molecule has 2 heteroatoms. The van der Waals surface area contributed by atoms with E-state index < -0.39 is 0 Å². The van der Waals surface area contributed by atoms with E-state index in [1.54, 1.807) is 0 Å². The minimum absolute atomic E-state index is 0.0115. The van der Waals surface area contributed by atoms with Gasteiger partial charge in [0, 0.05) is 6.42 Å². The van der Waals surface area contributed by atoms with Crippen LogP contribution in [0.4, 0.5) is 0 Å². The van der Waals surface area contributed by atoms with E-state index in [1.165, 1.54) is 32.1 Å². The van der Waals surface area contributed by atoms with Crippen molar-refractivity contribution in [2.75, 3.05) is 6.61 Å². The lowest BCUT2D eigenvalue weighted by molar-refractivity contribution is -0.144. The van der Waals surface area contributed by atoms with E-state index in [0.29, 0.717) is 18.9 Å². The third kappa shape index (κ3) is 2.10. The molecule has 2 unspecified atom stereocenters. The van der Waals surface area contributed by atoms with Crippen LogP contribution in [0, 0.1) is 17.8 Å². The van der Waals surface area contributed by atoms with E-state index in [9.17, 15) is 4.79 Å².